The average Bonchev–Trinajstić information content (AvgIpc) is 3.15. The quantitative estimate of drug-likeness (QED) is 0.656. The Bertz CT molecular complexity index is 1040. The van der Waals surface area contributed by atoms with Crippen molar-refractivity contribution in [1.82, 2.24) is 19.6 Å². The highest BCUT2D eigenvalue weighted by atomic mass is 16.2. The van der Waals surface area contributed by atoms with Crippen LogP contribution >= 0.6 is 0 Å². The van der Waals surface area contributed by atoms with E-state index in [0.29, 0.717) is 36.7 Å². The summed E-state index contributed by atoms with van der Waals surface area (Å²) in [6.45, 7) is 3.96. The molecule has 3 heterocycles. The topological polar surface area (TPSA) is 66.7 Å². The summed E-state index contributed by atoms with van der Waals surface area (Å²) in [6, 6.07) is 13.7. The smallest absolute Gasteiger partial charge is 0.290 e. The molecule has 4 rings (SSSR count). The highest BCUT2D eigenvalue weighted by molar-refractivity contribution is 6.02. The van der Waals surface area contributed by atoms with Crippen molar-refractivity contribution in [3.05, 3.63) is 71.3 Å². The number of hydrogen-bond donors (Lipinski definition) is 1. The van der Waals surface area contributed by atoms with Gasteiger partial charge in [0, 0.05) is 25.8 Å². The van der Waals surface area contributed by atoms with E-state index in [-0.39, 0.29) is 11.8 Å². The first kappa shape index (κ1) is 19.2. The largest absolute Gasteiger partial charge is 0.351 e. The molecule has 1 aliphatic rings. The van der Waals surface area contributed by atoms with Crippen molar-refractivity contribution in [2.45, 2.75) is 39.2 Å². The molecule has 0 saturated heterocycles. The monoisotopic (exact) mass is 390 g/mol. The fourth-order valence-corrected chi connectivity index (χ4v) is 3.83. The van der Waals surface area contributed by atoms with E-state index in [2.05, 4.69) is 29.4 Å². The number of benzene rings is 1. The number of hydrogen-bond acceptors (Lipinski definition) is 3. The van der Waals surface area contributed by atoms with Gasteiger partial charge in [0.1, 0.15) is 0 Å². The summed E-state index contributed by atoms with van der Waals surface area (Å²) in [5, 5.41) is 2.93. The maximum atomic E-state index is 13.3. The van der Waals surface area contributed by atoms with Crippen LogP contribution in [0.2, 0.25) is 0 Å². The van der Waals surface area contributed by atoms with E-state index in [1.54, 1.807) is 10.6 Å². The molecule has 3 aromatic rings. The van der Waals surface area contributed by atoms with Gasteiger partial charge in [-0.2, -0.15) is 0 Å². The number of nitrogens with zero attached hydrogens (tertiary/aromatic N) is 3. The number of nitrogens with one attached hydrogen (secondary N) is 1. The summed E-state index contributed by atoms with van der Waals surface area (Å²) >= 11 is 0. The maximum Gasteiger partial charge on any atom is 0.290 e. The molecule has 0 atom stereocenters. The van der Waals surface area contributed by atoms with Gasteiger partial charge in [-0.3, -0.25) is 14.0 Å². The Hall–Kier alpha value is -3.15. The number of imidazole rings is 1. The van der Waals surface area contributed by atoms with Gasteiger partial charge in [-0.15, -0.1) is 0 Å². The van der Waals surface area contributed by atoms with Gasteiger partial charge in [-0.05, 0) is 36.1 Å². The predicted octanol–water partition coefficient (Wildman–Crippen LogP) is 3.45. The second-order valence-corrected chi connectivity index (χ2v) is 7.45. The summed E-state index contributed by atoms with van der Waals surface area (Å²) in [5.74, 6) is -0.0859. The fourth-order valence-electron chi connectivity index (χ4n) is 3.83. The van der Waals surface area contributed by atoms with Crippen LogP contribution in [0.5, 0.6) is 0 Å². The summed E-state index contributed by atoms with van der Waals surface area (Å²) < 4.78 is 1.73. The Kier molecular flexibility index (Phi) is 5.60. The summed E-state index contributed by atoms with van der Waals surface area (Å²) in [6.07, 6.45) is 5.73. The van der Waals surface area contributed by atoms with Crippen LogP contribution in [0.3, 0.4) is 0 Å². The van der Waals surface area contributed by atoms with Crippen LogP contribution in [-0.2, 0) is 13.0 Å². The third kappa shape index (κ3) is 3.88. The van der Waals surface area contributed by atoms with Crippen LogP contribution in [-0.4, -0.2) is 39.2 Å². The van der Waals surface area contributed by atoms with E-state index in [1.165, 1.54) is 11.1 Å². The van der Waals surface area contributed by atoms with Crippen LogP contribution in [0.4, 0.5) is 0 Å². The van der Waals surface area contributed by atoms with Crippen LogP contribution in [0.1, 0.15) is 58.4 Å². The minimum absolute atomic E-state index is 0.147. The minimum atomic E-state index is -0.229. The van der Waals surface area contributed by atoms with Gasteiger partial charge in [0.05, 0.1) is 5.52 Å². The first-order valence-electron chi connectivity index (χ1n) is 10.3. The van der Waals surface area contributed by atoms with Gasteiger partial charge in [-0.25, -0.2) is 4.98 Å². The number of carbonyl (C=O) groups excluding carboxylic acids is 2. The van der Waals surface area contributed by atoms with E-state index in [9.17, 15) is 9.59 Å². The molecule has 0 bridgehead atoms. The standard InChI is InChI=1S/C23H26N4O2/c1-2-3-7-13-24-22(28)20-19-11-6-8-14-27(19)21(25-20)23(29)26-15-12-17-9-4-5-10-18(17)16-26/h4-6,8-11,14H,2-3,7,12-13,15-16H2,1H3,(H,24,28). The van der Waals surface area contributed by atoms with Crippen LogP contribution in [0.15, 0.2) is 48.7 Å². The number of fused-ring (bicyclic) bond motifs is 2. The predicted molar refractivity (Wildman–Crippen MR) is 112 cm³/mol. The molecule has 0 fully saturated rings. The molecule has 1 aliphatic heterocycles. The van der Waals surface area contributed by atoms with Crippen molar-refractivity contribution in [2.24, 2.45) is 0 Å². The lowest BCUT2D eigenvalue weighted by molar-refractivity contribution is 0.0721. The average molecular weight is 390 g/mol. The SMILES string of the molecule is CCCCCNC(=O)c1nc(C(=O)N2CCc3ccccc3C2)n2ccccc12. The van der Waals surface area contributed by atoms with Gasteiger partial charge >= 0.3 is 0 Å². The highest BCUT2D eigenvalue weighted by Gasteiger charge is 2.27. The van der Waals surface area contributed by atoms with E-state index in [4.69, 9.17) is 0 Å². The number of carbonyl (C=O) groups is 2. The van der Waals surface area contributed by atoms with E-state index < -0.39 is 0 Å². The van der Waals surface area contributed by atoms with Gasteiger partial charge in [0.15, 0.2) is 5.69 Å². The molecular weight excluding hydrogens is 364 g/mol. The first-order valence-corrected chi connectivity index (χ1v) is 10.3. The lowest BCUT2D eigenvalue weighted by Crippen LogP contribution is -2.37. The number of unbranched alkanes of at least 4 members (excludes halogenated alkanes) is 2. The minimum Gasteiger partial charge on any atom is -0.351 e. The Morgan fingerprint density at radius 1 is 1.07 bits per heavy atom. The van der Waals surface area contributed by atoms with Crippen molar-refractivity contribution in [3.8, 4) is 0 Å². The van der Waals surface area contributed by atoms with Gasteiger partial charge in [-0.1, -0.05) is 50.1 Å². The Labute approximate surface area is 170 Å². The van der Waals surface area contributed by atoms with E-state index in [0.717, 1.165) is 25.7 Å². The van der Waals surface area contributed by atoms with Gasteiger partial charge < -0.3 is 10.2 Å². The molecule has 29 heavy (non-hydrogen) atoms. The molecule has 6 nitrogen and oxygen atoms in total. The zero-order valence-electron chi connectivity index (χ0n) is 16.7. The summed E-state index contributed by atoms with van der Waals surface area (Å²) in [4.78, 5) is 32.2. The van der Waals surface area contributed by atoms with Crippen molar-refractivity contribution >= 4 is 17.3 Å². The fraction of sp³-hybridized carbons (Fsp3) is 0.348. The molecule has 2 amide bonds. The summed E-state index contributed by atoms with van der Waals surface area (Å²) in [5.41, 5.74) is 3.42. The summed E-state index contributed by atoms with van der Waals surface area (Å²) in [7, 11) is 0. The van der Waals surface area contributed by atoms with Crippen molar-refractivity contribution in [2.75, 3.05) is 13.1 Å². The van der Waals surface area contributed by atoms with E-state index >= 15 is 0 Å². The van der Waals surface area contributed by atoms with Crippen LogP contribution in [0, 0.1) is 0 Å². The number of pyridine rings is 1. The van der Waals surface area contributed by atoms with Crippen molar-refractivity contribution in [1.29, 1.82) is 0 Å². The lowest BCUT2D eigenvalue weighted by Gasteiger charge is -2.28. The molecule has 0 spiro atoms. The van der Waals surface area contributed by atoms with E-state index in [1.807, 2.05) is 35.2 Å². The van der Waals surface area contributed by atoms with Crippen LogP contribution in [0.25, 0.3) is 5.52 Å². The molecule has 0 aliphatic carbocycles. The second-order valence-electron chi connectivity index (χ2n) is 7.45. The number of amides is 2. The zero-order chi connectivity index (χ0) is 20.2. The lowest BCUT2D eigenvalue weighted by atomic mass is 10.00. The third-order valence-corrected chi connectivity index (χ3v) is 5.44. The normalized spacial score (nSPS) is 13.3. The molecule has 1 aromatic carbocycles. The third-order valence-electron chi connectivity index (χ3n) is 5.44. The molecule has 150 valence electrons. The highest BCUT2D eigenvalue weighted by Crippen LogP contribution is 2.21. The maximum absolute atomic E-state index is 13.3. The van der Waals surface area contributed by atoms with Gasteiger partial charge in [0.2, 0.25) is 5.82 Å². The molecule has 1 N–H and O–H groups in total. The zero-order valence-corrected chi connectivity index (χ0v) is 16.7. The molecule has 6 heteroatoms. The number of rotatable bonds is 6. The van der Waals surface area contributed by atoms with Crippen molar-refractivity contribution < 1.29 is 9.59 Å². The van der Waals surface area contributed by atoms with Crippen molar-refractivity contribution in [3.63, 3.8) is 0 Å². The molecule has 0 radical (unpaired) electrons. The van der Waals surface area contributed by atoms with Crippen LogP contribution < -0.4 is 5.32 Å². The first-order chi connectivity index (χ1) is 14.2. The Morgan fingerprint density at radius 2 is 1.86 bits per heavy atom. The Morgan fingerprint density at radius 3 is 2.69 bits per heavy atom. The molecule has 0 saturated carbocycles. The second kappa shape index (κ2) is 8.47. The molecule has 2 aromatic heterocycles. The molecule has 0 unspecified atom stereocenters. The molecular formula is C23H26N4O2. The number of aromatic nitrogens is 2. The Balaban J connectivity index is 1.59. The van der Waals surface area contributed by atoms with Gasteiger partial charge in [0.25, 0.3) is 11.8 Å².